The third-order valence-electron chi connectivity index (χ3n) is 5.80. The van der Waals surface area contributed by atoms with Crippen LogP contribution >= 0.6 is 11.3 Å². The first-order chi connectivity index (χ1) is 17.4. The van der Waals surface area contributed by atoms with Gasteiger partial charge in [0.15, 0.2) is 0 Å². The van der Waals surface area contributed by atoms with Gasteiger partial charge in [-0.1, -0.05) is 20.8 Å². The second kappa shape index (κ2) is 10.1. The van der Waals surface area contributed by atoms with Crippen molar-refractivity contribution in [2.45, 2.75) is 71.7 Å². The van der Waals surface area contributed by atoms with Crippen molar-refractivity contribution in [1.82, 2.24) is 30.5 Å². The zero-order chi connectivity index (χ0) is 27.0. The molecule has 0 aliphatic carbocycles. The van der Waals surface area contributed by atoms with Crippen molar-refractivity contribution in [3.05, 3.63) is 23.9 Å². The molecule has 3 amide bonds. The van der Waals surface area contributed by atoms with Gasteiger partial charge in [-0.15, -0.1) is 11.3 Å². The van der Waals surface area contributed by atoms with E-state index in [9.17, 15) is 14.4 Å². The summed E-state index contributed by atoms with van der Waals surface area (Å²) in [5.41, 5.74) is -0.385. The van der Waals surface area contributed by atoms with Gasteiger partial charge in [0.05, 0.1) is 24.3 Å². The molecule has 1 aliphatic heterocycles. The maximum atomic E-state index is 13.7. The molecular formula is C25H32N6O5S. The van der Waals surface area contributed by atoms with E-state index in [1.165, 1.54) is 28.7 Å². The van der Waals surface area contributed by atoms with Crippen molar-refractivity contribution in [2.24, 2.45) is 5.41 Å². The van der Waals surface area contributed by atoms with E-state index in [1.807, 2.05) is 53.0 Å². The number of carbonyl (C=O) groups excluding carboxylic acids is 3. The predicted molar refractivity (Wildman–Crippen MR) is 138 cm³/mol. The molecule has 1 aliphatic rings. The molecule has 1 fully saturated rings. The molecule has 4 heterocycles. The summed E-state index contributed by atoms with van der Waals surface area (Å²) in [5.74, 6) is 0.543. The average molecular weight is 529 g/mol. The molecule has 3 aromatic rings. The van der Waals surface area contributed by atoms with E-state index in [2.05, 4.69) is 25.6 Å². The highest BCUT2D eigenvalue weighted by molar-refractivity contribution is 7.17. The van der Waals surface area contributed by atoms with Crippen LogP contribution in [0.3, 0.4) is 0 Å². The molecule has 0 aromatic carbocycles. The lowest BCUT2D eigenvalue weighted by Crippen LogP contribution is -2.59. The van der Waals surface area contributed by atoms with E-state index in [0.29, 0.717) is 17.8 Å². The molecule has 0 bridgehead atoms. The number of hydrogen-bond acceptors (Lipinski definition) is 9. The van der Waals surface area contributed by atoms with E-state index in [1.54, 1.807) is 0 Å². The minimum atomic E-state index is -0.851. The Morgan fingerprint density at radius 1 is 1.24 bits per heavy atom. The number of urea groups is 1. The van der Waals surface area contributed by atoms with Crippen LogP contribution in [0.5, 0.6) is 5.88 Å². The van der Waals surface area contributed by atoms with Gasteiger partial charge in [-0.2, -0.15) is 4.98 Å². The summed E-state index contributed by atoms with van der Waals surface area (Å²) in [6.45, 7) is 11.3. The van der Waals surface area contributed by atoms with Crippen molar-refractivity contribution < 1.29 is 23.5 Å². The number of amides is 3. The lowest BCUT2D eigenvalue weighted by molar-refractivity contribution is -0.138. The van der Waals surface area contributed by atoms with Gasteiger partial charge in [0.25, 0.3) is 5.89 Å². The fourth-order valence-electron chi connectivity index (χ4n) is 4.12. The Morgan fingerprint density at radius 2 is 2.00 bits per heavy atom. The largest absolute Gasteiger partial charge is 0.471 e. The lowest BCUT2D eigenvalue weighted by Gasteiger charge is -2.35. The summed E-state index contributed by atoms with van der Waals surface area (Å²) in [6.07, 6.45) is 3.50. The van der Waals surface area contributed by atoms with Crippen LogP contribution in [-0.4, -0.2) is 68.3 Å². The zero-order valence-corrected chi connectivity index (χ0v) is 22.6. The van der Waals surface area contributed by atoms with E-state index < -0.39 is 35.2 Å². The number of fused-ring (bicyclic) bond motifs is 1. The Morgan fingerprint density at radius 3 is 2.62 bits per heavy atom. The summed E-state index contributed by atoms with van der Waals surface area (Å²) in [5, 5.41) is 7.51. The number of rotatable bonds is 6. The summed E-state index contributed by atoms with van der Waals surface area (Å²) in [6, 6.07) is -0.143. The van der Waals surface area contributed by atoms with E-state index in [0.717, 1.165) is 11.0 Å². The first-order valence-corrected chi connectivity index (χ1v) is 12.9. The van der Waals surface area contributed by atoms with Crippen molar-refractivity contribution in [3.8, 4) is 17.6 Å². The number of oxazole rings is 1. The first-order valence-electron chi connectivity index (χ1n) is 12.0. The maximum absolute atomic E-state index is 13.7. The molecule has 37 heavy (non-hydrogen) atoms. The van der Waals surface area contributed by atoms with Crippen molar-refractivity contribution >= 4 is 39.8 Å². The van der Waals surface area contributed by atoms with E-state index in [-0.39, 0.29) is 24.2 Å². The second-order valence-corrected chi connectivity index (χ2v) is 12.1. The normalized spacial score (nSPS) is 19.0. The number of aldehydes is 1. The number of hydrogen-bond donors (Lipinski definition) is 2. The van der Waals surface area contributed by atoms with Gasteiger partial charge in [0.1, 0.15) is 29.4 Å². The molecule has 0 unspecified atom stereocenters. The molecule has 2 N–H and O–H groups in total. The SMILES string of the molecule is CC(C)(C)NC(=O)N[C@H](C(=O)N1C[C@H](Oc2nc(-c3ncco3)nc3ccsc23)C[C@H]1C=O)C(C)(C)C. The number of aromatic nitrogens is 3. The molecule has 3 aromatic heterocycles. The predicted octanol–water partition coefficient (Wildman–Crippen LogP) is 3.41. The molecule has 198 valence electrons. The third-order valence-corrected chi connectivity index (χ3v) is 6.69. The molecule has 0 spiro atoms. The topological polar surface area (TPSA) is 140 Å². The Balaban J connectivity index is 1.55. The van der Waals surface area contributed by atoms with Crippen LogP contribution in [0.2, 0.25) is 0 Å². The smallest absolute Gasteiger partial charge is 0.315 e. The number of carbonyl (C=O) groups is 3. The summed E-state index contributed by atoms with van der Waals surface area (Å²) in [7, 11) is 0. The number of thiophene rings is 1. The zero-order valence-electron chi connectivity index (χ0n) is 21.8. The fourth-order valence-corrected chi connectivity index (χ4v) is 4.88. The van der Waals surface area contributed by atoms with Crippen LogP contribution in [-0.2, 0) is 9.59 Å². The third kappa shape index (κ3) is 6.07. The highest BCUT2D eigenvalue weighted by Gasteiger charge is 2.43. The van der Waals surface area contributed by atoms with Gasteiger partial charge < -0.3 is 29.5 Å². The van der Waals surface area contributed by atoms with Crippen molar-refractivity contribution in [3.63, 3.8) is 0 Å². The summed E-state index contributed by atoms with van der Waals surface area (Å²) >= 11 is 1.43. The second-order valence-electron chi connectivity index (χ2n) is 11.1. The van der Waals surface area contributed by atoms with Crippen LogP contribution in [0.4, 0.5) is 4.79 Å². The fraction of sp³-hybridized carbons (Fsp3) is 0.520. The molecule has 11 nitrogen and oxygen atoms in total. The van der Waals surface area contributed by atoms with E-state index in [4.69, 9.17) is 9.15 Å². The maximum Gasteiger partial charge on any atom is 0.315 e. The monoisotopic (exact) mass is 528 g/mol. The highest BCUT2D eigenvalue weighted by Crippen LogP contribution is 2.33. The van der Waals surface area contributed by atoms with Crippen LogP contribution < -0.4 is 15.4 Å². The first kappa shape index (κ1) is 26.5. The van der Waals surface area contributed by atoms with Crippen LogP contribution in [0, 0.1) is 5.41 Å². The molecule has 4 rings (SSSR count). The molecule has 3 atom stereocenters. The van der Waals surface area contributed by atoms with Gasteiger partial charge in [0, 0.05) is 12.0 Å². The van der Waals surface area contributed by atoms with Gasteiger partial charge in [-0.25, -0.2) is 14.8 Å². The average Bonchev–Trinajstić information content (AvgIpc) is 3.55. The Kier molecular flexibility index (Phi) is 7.22. The minimum Gasteiger partial charge on any atom is -0.471 e. The lowest BCUT2D eigenvalue weighted by atomic mass is 9.85. The minimum absolute atomic E-state index is 0.169. The molecule has 12 heteroatoms. The number of nitrogens with one attached hydrogen (secondary N) is 2. The quantitative estimate of drug-likeness (QED) is 0.464. The molecule has 0 saturated carbocycles. The van der Waals surface area contributed by atoms with Crippen LogP contribution in [0.25, 0.3) is 21.9 Å². The van der Waals surface area contributed by atoms with Crippen molar-refractivity contribution in [2.75, 3.05) is 6.54 Å². The van der Waals surface area contributed by atoms with Gasteiger partial charge in [-0.3, -0.25) is 4.79 Å². The van der Waals surface area contributed by atoms with Crippen LogP contribution in [0.1, 0.15) is 48.0 Å². The van der Waals surface area contributed by atoms with Gasteiger partial charge in [-0.05, 0) is 37.6 Å². The molecular weight excluding hydrogens is 496 g/mol. The van der Waals surface area contributed by atoms with Gasteiger partial charge in [0.2, 0.25) is 17.6 Å². The van der Waals surface area contributed by atoms with Crippen molar-refractivity contribution in [1.29, 1.82) is 0 Å². The van der Waals surface area contributed by atoms with E-state index >= 15 is 0 Å². The summed E-state index contributed by atoms with van der Waals surface area (Å²) < 4.78 is 12.3. The van der Waals surface area contributed by atoms with Crippen LogP contribution in [0.15, 0.2) is 28.3 Å². The van der Waals surface area contributed by atoms with Gasteiger partial charge >= 0.3 is 6.03 Å². The molecule has 1 saturated heterocycles. The Bertz CT molecular complexity index is 1280. The summed E-state index contributed by atoms with van der Waals surface area (Å²) in [4.78, 5) is 52.9. The standard InChI is InChI=1S/C25H32N6O5S/c1-24(2,3)18(28-23(34)30-25(4,5)6)22(33)31-12-15(11-14(31)13-32)36-20-17-16(7-10-37-17)27-19(29-20)21-26-8-9-35-21/h7-10,13-15,18H,11-12H2,1-6H3,(H2,28,30,34)/t14-,15+,18+/m0/s1. The Labute approximate surface area is 219 Å². The number of ether oxygens (including phenoxy) is 1. The Hall–Kier alpha value is -3.54. The highest BCUT2D eigenvalue weighted by atomic mass is 32.1. The number of nitrogens with zero attached hydrogens (tertiary/aromatic N) is 4. The molecule has 0 radical (unpaired) electrons. The number of likely N-dealkylation sites (tertiary alicyclic amines) is 1.